The standard InChI is InChI=1S/C7H13N3O2/c1-10-3-2-5(4-6(10)11)7(12)9-8/h5H,2-4,8H2,1H3,(H,9,12). The molecule has 0 aliphatic carbocycles. The SMILES string of the molecule is CN1CCC(C(=O)NN)CC1=O. The molecule has 5 heteroatoms. The Bertz CT molecular complexity index is 203. The number of carbonyl (C=O) groups is 2. The van der Waals surface area contributed by atoms with Crippen LogP contribution in [0.2, 0.25) is 0 Å². The van der Waals surface area contributed by atoms with E-state index in [1.54, 1.807) is 11.9 Å². The van der Waals surface area contributed by atoms with Crippen molar-refractivity contribution in [1.82, 2.24) is 10.3 Å². The molecular formula is C7H13N3O2. The second-order valence-electron chi connectivity index (χ2n) is 3.01. The number of rotatable bonds is 1. The van der Waals surface area contributed by atoms with Crippen molar-refractivity contribution in [3.8, 4) is 0 Å². The van der Waals surface area contributed by atoms with Crippen molar-refractivity contribution in [3.05, 3.63) is 0 Å². The predicted octanol–water partition coefficient (Wildman–Crippen LogP) is -1.16. The Kier molecular flexibility index (Phi) is 2.65. The molecule has 0 radical (unpaired) electrons. The molecule has 0 aromatic rings. The molecule has 5 nitrogen and oxygen atoms in total. The Labute approximate surface area is 70.9 Å². The second-order valence-corrected chi connectivity index (χ2v) is 3.01. The zero-order valence-corrected chi connectivity index (χ0v) is 7.04. The lowest BCUT2D eigenvalue weighted by Crippen LogP contribution is -2.43. The average molecular weight is 171 g/mol. The molecule has 1 unspecified atom stereocenters. The van der Waals surface area contributed by atoms with Gasteiger partial charge < -0.3 is 4.90 Å². The molecule has 12 heavy (non-hydrogen) atoms. The second kappa shape index (κ2) is 3.53. The summed E-state index contributed by atoms with van der Waals surface area (Å²) in [6, 6.07) is 0. The normalized spacial score (nSPS) is 24.0. The van der Waals surface area contributed by atoms with E-state index >= 15 is 0 Å². The molecule has 1 atom stereocenters. The van der Waals surface area contributed by atoms with Gasteiger partial charge in [-0.2, -0.15) is 0 Å². The molecule has 1 saturated heterocycles. The van der Waals surface area contributed by atoms with Gasteiger partial charge in [-0.05, 0) is 6.42 Å². The van der Waals surface area contributed by atoms with E-state index < -0.39 is 0 Å². The molecule has 1 heterocycles. The maximum absolute atomic E-state index is 11.1. The van der Waals surface area contributed by atoms with Crippen LogP contribution < -0.4 is 11.3 Å². The van der Waals surface area contributed by atoms with Gasteiger partial charge in [0.25, 0.3) is 0 Å². The predicted molar refractivity (Wildman–Crippen MR) is 42.7 cm³/mol. The number of carbonyl (C=O) groups excluding carboxylic acids is 2. The maximum atomic E-state index is 11.1. The molecule has 0 saturated carbocycles. The summed E-state index contributed by atoms with van der Waals surface area (Å²) < 4.78 is 0. The van der Waals surface area contributed by atoms with E-state index in [0.717, 1.165) is 0 Å². The Morgan fingerprint density at radius 2 is 2.42 bits per heavy atom. The minimum Gasteiger partial charge on any atom is -0.346 e. The first-order chi connectivity index (χ1) is 5.65. The molecule has 68 valence electrons. The molecular weight excluding hydrogens is 158 g/mol. The lowest BCUT2D eigenvalue weighted by molar-refractivity contribution is -0.139. The average Bonchev–Trinajstić information content (AvgIpc) is 2.08. The summed E-state index contributed by atoms with van der Waals surface area (Å²) in [6.45, 7) is 0.636. The largest absolute Gasteiger partial charge is 0.346 e. The fraction of sp³-hybridized carbons (Fsp3) is 0.714. The van der Waals surface area contributed by atoms with E-state index in [-0.39, 0.29) is 24.2 Å². The van der Waals surface area contributed by atoms with Crippen molar-refractivity contribution in [3.63, 3.8) is 0 Å². The van der Waals surface area contributed by atoms with Crippen LogP contribution >= 0.6 is 0 Å². The first kappa shape index (κ1) is 8.99. The van der Waals surface area contributed by atoms with Crippen LogP contribution in [0.5, 0.6) is 0 Å². The highest BCUT2D eigenvalue weighted by Gasteiger charge is 2.27. The summed E-state index contributed by atoms with van der Waals surface area (Å²) in [5.41, 5.74) is 2.06. The van der Waals surface area contributed by atoms with Crippen LogP contribution in [0.4, 0.5) is 0 Å². The Hall–Kier alpha value is -1.10. The summed E-state index contributed by atoms with van der Waals surface area (Å²) in [5, 5.41) is 0. The van der Waals surface area contributed by atoms with Gasteiger partial charge in [0.2, 0.25) is 11.8 Å². The highest BCUT2D eigenvalue weighted by Crippen LogP contribution is 2.16. The van der Waals surface area contributed by atoms with Crippen molar-refractivity contribution in [1.29, 1.82) is 0 Å². The zero-order valence-electron chi connectivity index (χ0n) is 7.04. The van der Waals surface area contributed by atoms with Gasteiger partial charge in [0, 0.05) is 25.9 Å². The Morgan fingerprint density at radius 1 is 1.75 bits per heavy atom. The van der Waals surface area contributed by atoms with E-state index in [2.05, 4.69) is 5.43 Å². The van der Waals surface area contributed by atoms with Gasteiger partial charge in [-0.1, -0.05) is 0 Å². The number of hydrogen-bond acceptors (Lipinski definition) is 3. The molecule has 1 aliphatic heterocycles. The Morgan fingerprint density at radius 3 is 2.92 bits per heavy atom. The number of nitrogens with zero attached hydrogens (tertiary/aromatic N) is 1. The van der Waals surface area contributed by atoms with Gasteiger partial charge in [-0.25, -0.2) is 5.84 Å². The van der Waals surface area contributed by atoms with Gasteiger partial charge in [-0.15, -0.1) is 0 Å². The molecule has 2 amide bonds. The quantitative estimate of drug-likeness (QED) is 0.297. The number of hydrogen-bond donors (Lipinski definition) is 2. The van der Waals surface area contributed by atoms with Crippen molar-refractivity contribution in [2.75, 3.05) is 13.6 Å². The minimum absolute atomic E-state index is 0.00912. The van der Waals surface area contributed by atoms with Crippen molar-refractivity contribution in [2.45, 2.75) is 12.8 Å². The fourth-order valence-corrected chi connectivity index (χ4v) is 1.28. The molecule has 1 aliphatic rings. The number of piperidine rings is 1. The first-order valence-corrected chi connectivity index (χ1v) is 3.89. The molecule has 0 spiro atoms. The summed E-state index contributed by atoms with van der Waals surface area (Å²) in [7, 11) is 1.74. The molecule has 0 aromatic carbocycles. The van der Waals surface area contributed by atoms with E-state index in [1.165, 1.54) is 0 Å². The van der Waals surface area contributed by atoms with Crippen LogP contribution in [0.25, 0.3) is 0 Å². The lowest BCUT2D eigenvalue weighted by Gasteiger charge is -2.27. The highest BCUT2D eigenvalue weighted by molar-refractivity contribution is 5.86. The lowest BCUT2D eigenvalue weighted by atomic mass is 9.96. The molecule has 3 N–H and O–H groups in total. The molecule has 1 rings (SSSR count). The van der Waals surface area contributed by atoms with Gasteiger partial charge in [0.1, 0.15) is 0 Å². The molecule has 1 fully saturated rings. The molecule has 0 bridgehead atoms. The summed E-state index contributed by atoms with van der Waals surface area (Å²) in [6.07, 6.45) is 0.977. The smallest absolute Gasteiger partial charge is 0.237 e. The maximum Gasteiger partial charge on any atom is 0.237 e. The number of amides is 2. The third kappa shape index (κ3) is 1.73. The number of nitrogens with two attached hydrogens (primary N) is 1. The van der Waals surface area contributed by atoms with Crippen LogP contribution in [0, 0.1) is 5.92 Å². The van der Waals surface area contributed by atoms with Gasteiger partial charge in [-0.3, -0.25) is 15.0 Å². The zero-order chi connectivity index (χ0) is 9.14. The van der Waals surface area contributed by atoms with E-state index in [1.807, 2.05) is 0 Å². The monoisotopic (exact) mass is 171 g/mol. The van der Waals surface area contributed by atoms with Crippen LogP contribution in [0.1, 0.15) is 12.8 Å². The summed E-state index contributed by atoms with van der Waals surface area (Å²) in [4.78, 5) is 23.8. The van der Waals surface area contributed by atoms with Crippen LogP contribution in [0.15, 0.2) is 0 Å². The third-order valence-corrected chi connectivity index (χ3v) is 2.17. The van der Waals surface area contributed by atoms with Crippen LogP contribution in [-0.4, -0.2) is 30.3 Å². The highest BCUT2D eigenvalue weighted by atomic mass is 16.2. The molecule has 0 aromatic heterocycles. The van der Waals surface area contributed by atoms with Crippen molar-refractivity contribution < 1.29 is 9.59 Å². The number of hydrazine groups is 1. The van der Waals surface area contributed by atoms with Crippen molar-refractivity contribution in [2.24, 2.45) is 11.8 Å². The minimum atomic E-state index is -0.239. The van der Waals surface area contributed by atoms with E-state index in [4.69, 9.17) is 5.84 Å². The van der Waals surface area contributed by atoms with Crippen molar-refractivity contribution >= 4 is 11.8 Å². The van der Waals surface area contributed by atoms with E-state index in [9.17, 15) is 9.59 Å². The number of likely N-dealkylation sites (tertiary alicyclic amines) is 1. The third-order valence-electron chi connectivity index (χ3n) is 2.17. The topological polar surface area (TPSA) is 75.4 Å². The van der Waals surface area contributed by atoms with E-state index in [0.29, 0.717) is 13.0 Å². The van der Waals surface area contributed by atoms with Crippen LogP contribution in [0.3, 0.4) is 0 Å². The number of nitrogens with one attached hydrogen (secondary N) is 1. The fourth-order valence-electron chi connectivity index (χ4n) is 1.28. The summed E-state index contributed by atoms with van der Waals surface area (Å²) in [5.74, 6) is 4.49. The Balaban J connectivity index is 2.51. The first-order valence-electron chi connectivity index (χ1n) is 3.89. The summed E-state index contributed by atoms with van der Waals surface area (Å²) >= 11 is 0. The van der Waals surface area contributed by atoms with Gasteiger partial charge >= 0.3 is 0 Å². The van der Waals surface area contributed by atoms with Crippen LogP contribution in [-0.2, 0) is 9.59 Å². The van der Waals surface area contributed by atoms with Gasteiger partial charge in [0.05, 0.1) is 0 Å². The van der Waals surface area contributed by atoms with Gasteiger partial charge in [0.15, 0.2) is 0 Å².